The lowest BCUT2D eigenvalue weighted by Gasteiger charge is -2.18. The van der Waals surface area contributed by atoms with Gasteiger partial charge in [0.15, 0.2) is 0 Å². The van der Waals surface area contributed by atoms with E-state index in [9.17, 15) is 18.0 Å². The molecule has 2 rings (SSSR count). The Kier molecular flexibility index (Phi) is 3.45. The molecule has 1 aromatic carbocycles. The number of hydrogen-bond donors (Lipinski definition) is 2. The van der Waals surface area contributed by atoms with Crippen molar-refractivity contribution in [3.05, 3.63) is 35.0 Å². The van der Waals surface area contributed by atoms with Crippen LogP contribution >= 0.6 is 11.6 Å². The van der Waals surface area contributed by atoms with Gasteiger partial charge in [-0.3, -0.25) is 4.79 Å². The van der Waals surface area contributed by atoms with Crippen molar-refractivity contribution in [2.24, 2.45) is 0 Å². The maximum absolute atomic E-state index is 13.0. The van der Waals surface area contributed by atoms with Crippen LogP contribution in [0.2, 0.25) is 5.02 Å². The summed E-state index contributed by atoms with van der Waals surface area (Å²) in [6.45, 7) is 0. The minimum atomic E-state index is -4.63. The Morgan fingerprint density at radius 3 is 2.68 bits per heavy atom. The Morgan fingerprint density at radius 2 is 2.11 bits per heavy atom. The van der Waals surface area contributed by atoms with Gasteiger partial charge in [-0.2, -0.15) is 13.2 Å². The Bertz CT molecular complexity index is 621. The van der Waals surface area contributed by atoms with Crippen LogP contribution in [0.15, 0.2) is 24.4 Å². The molecule has 0 bridgehead atoms. The molecule has 0 saturated heterocycles. The van der Waals surface area contributed by atoms with Crippen LogP contribution in [-0.4, -0.2) is 22.2 Å². The number of carbonyl (C=O) groups is 1. The molecule has 1 atom stereocenters. The molecule has 0 aliphatic carbocycles. The van der Waals surface area contributed by atoms with E-state index in [-0.39, 0.29) is 10.9 Å². The largest absolute Gasteiger partial charge is 0.481 e. The number of aliphatic carboxylic acids is 1. The maximum atomic E-state index is 13.0. The second-order valence-electron chi connectivity index (χ2n) is 4.13. The number of fused-ring (bicyclic) bond motifs is 1. The van der Waals surface area contributed by atoms with Crippen molar-refractivity contribution < 1.29 is 23.1 Å². The number of aromatic amines is 1. The van der Waals surface area contributed by atoms with Crippen LogP contribution in [0, 0.1) is 0 Å². The van der Waals surface area contributed by atoms with E-state index in [1.54, 1.807) is 12.1 Å². The van der Waals surface area contributed by atoms with Gasteiger partial charge in [-0.1, -0.05) is 11.6 Å². The molecule has 1 unspecified atom stereocenters. The van der Waals surface area contributed by atoms with Crippen LogP contribution in [0.25, 0.3) is 10.9 Å². The second-order valence-corrected chi connectivity index (χ2v) is 4.56. The lowest BCUT2D eigenvalue weighted by Crippen LogP contribution is -2.23. The van der Waals surface area contributed by atoms with Gasteiger partial charge in [-0.05, 0) is 23.8 Å². The van der Waals surface area contributed by atoms with E-state index in [1.807, 2.05) is 0 Å². The lowest BCUT2D eigenvalue weighted by molar-refractivity contribution is -0.163. The number of rotatable bonds is 3. The third-order valence-corrected chi connectivity index (χ3v) is 3.06. The van der Waals surface area contributed by atoms with E-state index in [2.05, 4.69) is 4.98 Å². The highest BCUT2D eigenvalue weighted by Gasteiger charge is 2.43. The molecule has 0 amide bonds. The summed E-state index contributed by atoms with van der Waals surface area (Å²) in [6, 6.07) is 4.49. The van der Waals surface area contributed by atoms with Crippen LogP contribution in [0.5, 0.6) is 0 Å². The molecule has 0 aliphatic heterocycles. The first kappa shape index (κ1) is 13.7. The van der Waals surface area contributed by atoms with Crippen LogP contribution in [-0.2, 0) is 4.79 Å². The molecule has 2 aromatic rings. The van der Waals surface area contributed by atoms with Crippen molar-refractivity contribution in [3.8, 4) is 0 Å². The molecule has 7 heteroatoms. The molecule has 2 N–H and O–H groups in total. The summed E-state index contributed by atoms with van der Waals surface area (Å²) in [5.41, 5.74) is 0.381. The van der Waals surface area contributed by atoms with Crippen LogP contribution in [0.1, 0.15) is 17.9 Å². The molecular formula is C12H9ClF3NO2. The summed E-state index contributed by atoms with van der Waals surface area (Å²) in [5, 5.41) is 9.22. The molecule has 19 heavy (non-hydrogen) atoms. The summed E-state index contributed by atoms with van der Waals surface area (Å²) >= 11 is 5.76. The van der Waals surface area contributed by atoms with Gasteiger partial charge in [0.2, 0.25) is 0 Å². The van der Waals surface area contributed by atoms with Gasteiger partial charge in [0, 0.05) is 22.1 Å². The SMILES string of the molecule is O=C(O)CC(c1c[nH]c2ccc(Cl)cc12)C(F)(F)F. The molecule has 0 fully saturated rings. The van der Waals surface area contributed by atoms with Gasteiger partial charge >= 0.3 is 12.1 Å². The number of halogens is 4. The average molecular weight is 292 g/mol. The Labute approximate surface area is 111 Å². The molecule has 0 spiro atoms. The highest BCUT2D eigenvalue weighted by molar-refractivity contribution is 6.31. The van der Waals surface area contributed by atoms with E-state index in [0.717, 1.165) is 0 Å². The number of aromatic nitrogens is 1. The molecule has 3 nitrogen and oxygen atoms in total. The van der Waals surface area contributed by atoms with Gasteiger partial charge in [0.05, 0.1) is 12.3 Å². The molecular weight excluding hydrogens is 283 g/mol. The third kappa shape index (κ3) is 2.84. The molecule has 0 saturated carbocycles. The topological polar surface area (TPSA) is 53.1 Å². The first-order valence-electron chi connectivity index (χ1n) is 5.34. The quantitative estimate of drug-likeness (QED) is 0.900. The summed E-state index contributed by atoms with van der Waals surface area (Å²) in [6.07, 6.45) is -4.46. The number of hydrogen-bond acceptors (Lipinski definition) is 1. The summed E-state index contributed by atoms with van der Waals surface area (Å²) in [4.78, 5) is 13.3. The second kappa shape index (κ2) is 4.77. The fraction of sp³-hybridized carbons (Fsp3) is 0.250. The number of carboxylic acid groups (broad SMARTS) is 1. The van der Waals surface area contributed by atoms with Crippen molar-refractivity contribution in [2.45, 2.75) is 18.5 Å². The Morgan fingerprint density at radius 1 is 1.42 bits per heavy atom. The molecule has 1 aromatic heterocycles. The third-order valence-electron chi connectivity index (χ3n) is 2.83. The van der Waals surface area contributed by atoms with Gasteiger partial charge in [-0.15, -0.1) is 0 Å². The number of alkyl halides is 3. The maximum Gasteiger partial charge on any atom is 0.396 e. The van der Waals surface area contributed by atoms with Gasteiger partial charge < -0.3 is 10.1 Å². The fourth-order valence-electron chi connectivity index (χ4n) is 1.98. The van der Waals surface area contributed by atoms with Crippen molar-refractivity contribution in [1.82, 2.24) is 4.98 Å². The Balaban J connectivity index is 2.55. The minimum absolute atomic E-state index is 0.104. The number of benzene rings is 1. The monoisotopic (exact) mass is 291 g/mol. The molecule has 0 aliphatic rings. The molecule has 102 valence electrons. The fourth-order valence-corrected chi connectivity index (χ4v) is 2.15. The minimum Gasteiger partial charge on any atom is -0.481 e. The van der Waals surface area contributed by atoms with Crippen molar-refractivity contribution in [3.63, 3.8) is 0 Å². The standard InChI is InChI=1S/C12H9ClF3NO2/c13-6-1-2-10-7(3-6)8(5-17-10)9(4-11(18)19)12(14,15)16/h1-3,5,9,17H,4H2,(H,18,19). The number of nitrogens with one attached hydrogen (secondary N) is 1. The van der Waals surface area contributed by atoms with Crippen LogP contribution in [0.4, 0.5) is 13.2 Å². The summed E-state index contributed by atoms with van der Waals surface area (Å²) in [5.74, 6) is -3.56. The smallest absolute Gasteiger partial charge is 0.396 e. The predicted molar refractivity (Wildman–Crippen MR) is 64.4 cm³/mol. The van der Waals surface area contributed by atoms with E-state index in [4.69, 9.17) is 16.7 Å². The number of H-pyrrole nitrogens is 1. The van der Waals surface area contributed by atoms with E-state index in [1.165, 1.54) is 12.3 Å². The Hall–Kier alpha value is -1.69. The highest BCUT2D eigenvalue weighted by atomic mass is 35.5. The van der Waals surface area contributed by atoms with Gasteiger partial charge in [0.1, 0.15) is 0 Å². The van der Waals surface area contributed by atoms with Crippen molar-refractivity contribution in [2.75, 3.05) is 0 Å². The van der Waals surface area contributed by atoms with E-state index in [0.29, 0.717) is 10.5 Å². The predicted octanol–water partition coefficient (Wildman–Crippen LogP) is 3.94. The lowest BCUT2D eigenvalue weighted by atomic mass is 9.95. The molecule has 0 radical (unpaired) electrons. The summed E-state index contributed by atoms with van der Waals surface area (Å²) in [7, 11) is 0. The zero-order valence-corrected chi connectivity index (χ0v) is 10.2. The first-order valence-corrected chi connectivity index (χ1v) is 5.72. The van der Waals surface area contributed by atoms with Crippen LogP contribution in [0.3, 0.4) is 0 Å². The zero-order valence-electron chi connectivity index (χ0n) is 9.46. The first-order chi connectivity index (χ1) is 8.79. The van der Waals surface area contributed by atoms with E-state index < -0.39 is 24.5 Å². The van der Waals surface area contributed by atoms with E-state index >= 15 is 0 Å². The highest BCUT2D eigenvalue weighted by Crippen LogP contribution is 2.40. The van der Waals surface area contributed by atoms with Crippen LogP contribution < -0.4 is 0 Å². The van der Waals surface area contributed by atoms with Gasteiger partial charge in [0.25, 0.3) is 0 Å². The average Bonchev–Trinajstić information content (AvgIpc) is 2.66. The normalized spacial score (nSPS) is 13.7. The summed E-state index contributed by atoms with van der Waals surface area (Å²) < 4.78 is 38.9. The molecule has 1 heterocycles. The number of carboxylic acids is 1. The zero-order chi connectivity index (χ0) is 14.2. The van der Waals surface area contributed by atoms with Crippen molar-refractivity contribution in [1.29, 1.82) is 0 Å². The van der Waals surface area contributed by atoms with Crippen molar-refractivity contribution >= 4 is 28.5 Å². The van der Waals surface area contributed by atoms with Gasteiger partial charge in [-0.25, -0.2) is 0 Å².